The van der Waals surface area contributed by atoms with Crippen LogP contribution < -0.4 is 20.8 Å². The van der Waals surface area contributed by atoms with E-state index in [1.165, 1.54) is 0 Å². The number of aliphatic hydroxyl groups excluding tert-OH is 1. The molecule has 0 bridgehead atoms. The molecule has 2 heterocycles. The number of hydrogen-bond donors (Lipinski definition) is 3. The summed E-state index contributed by atoms with van der Waals surface area (Å²) in [5, 5.41) is 10.8. The Morgan fingerprint density at radius 3 is 1.50 bits per heavy atom. The van der Waals surface area contributed by atoms with Gasteiger partial charge in [-0.3, -0.25) is 14.3 Å². The molecule has 2 aromatic heterocycles. The first kappa shape index (κ1) is 39.8. The van der Waals surface area contributed by atoms with E-state index in [4.69, 9.17) is 29.9 Å². The van der Waals surface area contributed by atoms with Crippen LogP contribution in [0.1, 0.15) is 58.8 Å². The number of fused-ring (bicyclic) bond motifs is 1. The molecule has 302 valence electrons. The highest BCUT2D eigenvalue weighted by Gasteiger charge is 2.47. The lowest BCUT2D eigenvalue weighted by Gasteiger charge is -2.42. The van der Waals surface area contributed by atoms with Gasteiger partial charge in [-0.05, 0) is 70.0 Å². The Labute approximate surface area is 348 Å². The SMILES string of the molecule is COc1ccc(C(OC(CC(C)CO)n2c(C(c3ccccc3)(c3ccccc3)c3ccc(OC)cc3)nc3c(=O)[nH]c(N)nc32)(c2ccccc2)c2ccccc2)cc1. The van der Waals surface area contributed by atoms with Crippen LogP contribution in [0.4, 0.5) is 5.95 Å². The van der Waals surface area contributed by atoms with Crippen LogP contribution in [0.3, 0.4) is 0 Å². The number of nitrogens with one attached hydrogen (secondary N) is 1. The summed E-state index contributed by atoms with van der Waals surface area (Å²) in [6.45, 7) is 1.83. The molecule has 2 atom stereocenters. The zero-order chi connectivity index (χ0) is 41.7. The number of imidazole rings is 1. The van der Waals surface area contributed by atoms with Gasteiger partial charge in [-0.2, -0.15) is 4.98 Å². The molecule has 0 spiro atoms. The van der Waals surface area contributed by atoms with Crippen LogP contribution in [0.15, 0.2) is 175 Å². The maximum absolute atomic E-state index is 14.1. The van der Waals surface area contributed by atoms with Crippen LogP contribution in [-0.2, 0) is 15.8 Å². The quantitative estimate of drug-likeness (QED) is 0.0878. The zero-order valence-electron chi connectivity index (χ0n) is 33.7. The molecular weight excluding hydrogens is 751 g/mol. The second-order valence-corrected chi connectivity index (χ2v) is 14.9. The Morgan fingerprint density at radius 1 is 0.633 bits per heavy atom. The molecule has 4 N–H and O–H groups in total. The highest BCUT2D eigenvalue weighted by molar-refractivity contribution is 5.74. The highest BCUT2D eigenvalue weighted by Crippen LogP contribution is 2.50. The van der Waals surface area contributed by atoms with Gasteiger partial charge in [-0.25, -0.2) is 4.98 Å². The maximum atomic E-state index is 14.1. The summed E-state index contributed by atoms with van der Waals surface area (Å²) in [5.41, 5.74) is 8.94. The topological polar surface area (TPSA) is 138 Å². The standard InChI is InChI=1S/C50H47N5O5/c1-34(33-56)32-43(60-50(38-20-12-6-13-21-38,39-22-14-7-15-23-39)40-26-30-42(59-3)31-27-40)55-45-44(46(57)54-48(51)53-45)52-47(55)49(35-16-8-4-9-17-35,36-18-10-5-11-19-36)37-24-28-41(58-2)29-25-37/h4-31,34,43,56H,32-33H2,1-3H3,(H3,51,53,54,57). The Balaban J connectivity index is 1.53. The second kappa shape index (κ2) is 17.1. The third-order valence-corrected chi connectivity index (χ3v) is 11.2. The average Bonchev–Trinajstić information content (AvgIpc) is 3.69. The molecular formula is C50H47N5O5. The molecule has 0 aliphatic rings. The molecule has 6 aromatic carbocycles. The Kier molecular flexibility index (Phi) is 11.3. The molecule has 0 saturated carbocycles. The molecule has 0 aliphatic heterocycles. The van der Waals surface area contributed by atoms with Gasteiger partial charge < -0.3 is 25.1 Å². The summed E-state index contributed by atoms with van der Waals surface area (Å²) in [6.07, 6.45) is -0.656. The van der Waals surface area contributed by atoms with Gasteiger partial charge in [0.2, 0.25) is 5.95 Å². The van der Waals surface area contributed by atoms with Gasteiger partial charge >= 0.3 is 0 Å². The first-order valence-corrected chi connectivity index (χ1v) is 19.9. The summed E-state index contributed by atoms with van der Waals surface area (Å²) < 4.78 is 21.1. The number of nitrogens with zero attached hydrogens (tertiary/aromatic N) is 3. The average molecular weight is 798 g/mol. The largest absolute Gasteiger partial charge is 0.497 e. The van der Waals surface area contributed by atoms with Crippen molar-refractivity contribution in [2.45, 2.75) is 30.6 Å². The van der Waals surface area contributed by atoms with E-state index in [0.29, 0.717) is 17.3 Å². The third-order valence-electron chi connectivity index (χ3n) is 11.2. The van der Waals surface area contributed by atoms with Crippen LogP contribution in [0, 0.1) is 5.92 Å². The molecule has 0 aliphatic carbocycles. The lowest BCUT2D eigenvalue weighted by molar-refractivity contribution is -0.0977. The van der Waals surface area contributed by atoms with Crippen LogP contribution in [0.5, 0.6) is 11.5 Å². The smallest absolute Gasteiger partial charge is 0.280 e. The molecule has 60 heavy (non-hydrogen) atoms. The van der Waals surface area contributed by atoms with Gasteiger partial charge in [-0.1, -0.05) is 153 Å². The van der Waals surface area contributed by atoms with Crippen molar-refractivity contribution in [2.75, 3.05) is 26.6 Å². The predicted molar refractivity (Wildman–Crippen MR) is 234 cm³/mol. The monoisotopic (exact) mass is 797 g/mol. The molecule has 10 nitrogen and oxygen atoms in total. The van der Waals surface area contributed by atoms with Crippen molar-refractivity contribution >= 4 is 17.1 Å². The van der Waals surface area contributed by atoms with E-state index in [0.717, 1.165) is 33.4 Å². The van der Waals surface area contributed by atoms with E-state index in [-0.39, 0.29) is 36.1 Å². The minimum absolute atomic E-state index is 0.0730. The zero-order valence-corrected chi connectivity index (χ0v) is 33.7. The van der Waals surface area contributed by atoms with Crippen molar-refractivity contribution in [2.24, 2.45) is 5.92 Å². The summed E-state index contributed by atoms with van der Waals surface area (Å²) in [7, 11) is 3.28. The molecule has 8 aromatic rings. The van der Waals surface area contributed by atoms with Gasteiger partial charge in [0.1, 0.15) is 34.6 Å². The lowest BCUT2D eigenvalue weighted by Crippen LogP contribution is -2.40. The summed E-state index contributed by atoms with van der Waals surface area (Å²) in [6, 6.07) is 56.0. The van der Waals surface area contributed by atoms with Crippen LogP contribution >= 0.6 is 0 Å². The molecule has 0 radical (unpaired) electrons. The number of methoxy groups -OCH3 is 2. The van der Waals surface area contributed by atoms with E-state index in [9.17, 15) is 9.90 Å². The lowest BCUT2D eigenvalue weighted by atomic mass is 9.68. The van der Waals surface area contributed by atoms with E-state index in [2.05, 4.69) is 29.2 Å². The van der Waals surface area contributed by atoms with Crippen molar-refractivity contribution < 1.29 is 19.3 Å². The minimum Gasteiger partial charge on any atom is -0.497 e. The first-order valence-electron chi connectivity index (χ1n) is 19.9. The first-order chi connectivity index (χ1) is 29.3. The number of aromatic nitrogens is 4. The van der Waals surface area contributed by atoms with Gasteiger partial charge in [-0.15, -0.1) is 0 Å². The number of nitrogen functional groups attached to an aromatic ring is 1. The summed E-state index contributed by atoms with van der Waals surface area (Å²) >= 11 is 0. The normalized spacial score (nSPS) is 12.9. The van der Waals surface area contributed by atoms with Gasteiger partial charge in [0.15, 0.2) is 11.2 Å². The number of aromatic amines is 1. The number of benzene rings is 6. The fraction of sp³-hybridized carbons (Fsp3) is 0.180. The summed E-state index contributed by atoms with van der Waals surface area (Å²) in [4.78, 5) is 27.0. The number of ether oxygens (including phenoxy) is 3. The molecule has 0 saturated heterocycles. The van der Waals surface area contributed by atoms with Crippen LogP contribution in [0.2, 0.25) is 0 Å². The Hall–Kier alpha value is -7.01. The van der Waals surface area contributed by atoms with Crippen molar-refractivity contribution in [1.29, 1.82) is 0 Å². The number of nitrogens with two attached hydrogens (primary N) is 1. The maximum Gasteiger partial charge on any atom is 0.280 e. The minimum atomic E-state index is -1.27. The number of hydrogen-bond acceptors (Lipinski definition) is 8. The number of rotatable bonds is 15. The van der Waals surface area contributed by atoms with Crippen molar-refractivity contribution in [3.63, 3.8) is 0 Å². The second-order valence-electron chi connectivity index (χ2n) is 14.9. The Bertz CT molecular complexity index is 2630. The van der Waals surface area contributed by atoms with Crippen molar-refractivity contribution in [3.05, 3.63) is 219 Å². The fourth-order valence-electron chi connectivity index (χ4n) is 8.35. The molecule has 10 heteroatoms. The number of aliphatic hydroxyl groups is 1. The third kappa shape index (κ3) is 7.10. The molecule has 0 fully saturated rings. The molecule has 0 amide bonds. The van der Waals surface area contributed by atoms with Gasteiger partial charge in [0, 0.05) is 6.61 Å². The predicted octanol–water partition coefficient (Wildman–Crippen LogP) is 8.63. The Morgan fingerprint density at radius 2 is 1.05 bits per heavy atom. The highest BCUT2D eigenvalue weighted by atomic mass is 16.5. The fourth-order valence-corrected chi connectivity index (χ4v) is 8.35. The van der Waals surface area contributed by atoms with Crippen molar-refractivity contribution in [1.82, 2.24) is 19.5 Å². The number of anilines is 1. The molecule has 2 unspecified atom stereocenters. The number of H-pyrrole nitrogens is 1. The van der Waals surface area contributed by atoms with Crippen LogP contribution in [0.25, 0.3) is 11.2 Å². The van der Waals surface area contributed by atoms with E-state index in [1.807, 2.05) is 157 Å². The van der Waals surface area contributed by atoms with Crippen molar-refractivity contribution in [3.8, 4) is 11.5 Å². The van der Waals surface area contributed by atoms with Crippen LogP contribution in [-0.4, -0.2) is 45.5 Å². The van der Waals surface area contributed by atoms with E-state index in [1.54, 1.807) is 14.2 Å². The van der Waals surface area contributed by atoms with E-state index >= 15 is 0 Å². The van der Waals surface area contributed by atoms with Gasteiger partial charge in [0.05, 0.1) is 14.2 Å². The van der Waals surface area contributed by atoms with Gasteiger partial charge in [0.25, 0.3) is 5.56 Å². The summed E-state index contributed by atoms with van der Waals surface area (Å²) in [5.74, 6) is 1.47. The van der Waals surface area contributed by atoms with E-state index < -0.39 is 22.8 Å². The molecule has 8 rings (SSSR count).